The van der Waals surface area contributed by atoms with Crippen LogP contribution in [0.15, 0.2) is 47.7 Å². The molecule has 0 aliphatic carbocycles. The predicted octanol–water partition coefficient (Wildman–Crippen LogP) is 3.70. The molecule has 1 aliphatic rings. The molecule has 1 aliphatic heterocycles. The lowest BCUT2D eigenvalue weighted by Crippen LogP contribution is -2.38. The van der Waals surface area contributed by atoms with E-state index < -0.39 is 5.82 Å². The van der Waals surface area contributed by atoms with Crippen LogP contribution in [0.3, 0.4) is 0 Å². The van der Waals surface area contributed by atoms with Gasteiger partial charge in [0.05, 0.1) is 12.7 Å². The van der Waals surface area contributed by atoms with Gasteiger partial charge in [0.15, 0.2) is 17.5 Å². The van der Waals surface area contributed by atoms with Crippen LogP contribution in [0.2, 0.25) is 0 Å². The summed E-state index contributed by atoms with van der Waals surface area (Å²) < 4.78 is 19.7. The fourth-order valence-electron chi connectivity index (χ4n) is 2.83. The molecule has 2 heterocycles. The number of hydrogen-bond acceptors (Lipinski definition) is 3. The number of rotatable bonds is 4. The molecule has 5 nitrogen and oxygen atoms in total. The summed E-state index contributed by atoms with van der Waals surface area (Å²) in [5.74, 6) is 0.779. The molecule has 132 valence electrons. The Hall–Kier alpha value is -2.63. The second-order valence-corrected chi connectivity index (χ2v) is 6.13. The van der Waals surface area contributed by atoms with E-state index >= 15 is 0 Å². The van der Waals surface area contributed by atoms with E-state index in [1.54, 1.807) is 36.7 Å². The molecule has 0 spiro atoms. The lowest BCUT2D eigenvalue weighted by Gasteiger charge is -2.21. The van der Waals surface area contributed by atoms with Crippen LogP contribution in [0, 0.1) is 5.82 Å². The van der Waals surface area contributed by atoms with Crippen molar-refractivity contribution < 1.29 is 9.13 Å². The Morgan fingerprint density at radius 3 is 2.68 bits per heavy atom. The van der Waals surface area contributed by atoms with Crippen molar-refractivity contribution in [3.05, 3.63) is 54.1 Å². The molecule has 0 radical (unpaired) electrons. The van der Waals surface area contributed by atoms with Crippen molar-refractivity contribution in [2.45, 2.75) is 32.2 Å². The van der Waals surface area contributed by atoms with Crippen LogP contribution in [-0.4, -0.2) is 28.9 Å². The summed E-state index contributed by atoms with van der Waals surface area (Å²) in [7, 11) is 0. The summed E-state index contributed by atoms with van der Waals surface area (Å²) in [6.45, 7) is 2.25. The standard InChI is InChI=1S/C19H23FN4O/c20-17-12-15(7-8-18(17)25-16-6-5-9-22-14-16)13-23-19(21)24-10-3-1-2-4-11-24/h5-9,12,14H,1-4,10-11,13H2,(H2,21,23). The summed E-state index contributed by atoms with van der Waals surface area (Å²) in [5, 5.41) is 0. The first-order valence-electron chi connectivity index (χ1n) is 8.63. The van der Waals surface area contributed by atoms with Gasteiger partial charge in [-0.2, -0.15) is 0 Å². The molecule has 0 amide bonds. The number of hydrogen-bond donors (Lipinski definition) is 1. The highest BCUT2D eigenvalue weighted by molar-refractivity contribution is 5.78. The van der Waals surface area contributed by atoms with Gasteiger partial charge in [-0.1, -0.05) is 18.9 Å². The first-order chi connectivity index (χ1) is 12.2. The van der Waals surface area contributed by atoms with E-state index in [0.29, 0.717) is 18.3 Å². The molecule has 1 fully saturated rings. The molecule has 1 saturated heterocycles. The number of halogens is 1. The average molecular weight is 342 g/mol. The van der Waals surface area contributed by atoms with E-state index in [-0.39, 0.29) is 5.75 Å². The molecule has 6 heteroatoms. The van der Waals surface area contributed by atoms with Crippen LogP contribution >= 0.6 is 0 Å². The van der Waals surface area contributed by atoms with E-state index in [4.69, 9.17) is 10.5 Å². The van der Waals surface area contributed by atoms with Gasteiger partial charge in [-0.25, -0.2) is 9.38 Å². The lowest BCUT2D eigenvalue weighted by atomic mass is 10.2. The Labute approximate surface area is 147 Å². The van der Waals surface area contributed by atoms with Crippen molar-refractivity contribution in [1.82, 2.24) is 9.88 Å². The second-order valence-electron chi connectivity index (χ2n) is 6.13. The summed E-state index contributed by atoms with van der Waals surface area (Å²) in [6, 6.07) is 8.31. The Bertz CT molecular complexity index is 713. The third kappa shape index (κ3) is 4.92. The maximum Gasteiger partial charge on any atom is 0.191 e. The zero-order valence-electron chi connectivity index (χ0n) is 14.2. The smallest absolute Gasteiger partial charge is 0.191 e. The third-order valence-corrected chi connectivity index (χ3v) is 4.21. The van der Waals surface area contributed by atoms with Gasteiger partial charge in [0.25, 0.3) is 0 Å². The maximum absolute atomic E-state index is 14.2. The molecule has 0 atom stereocenters. The molecule has 1 aromatic heterocycles. The molecule has 0 unspecified atom stereocenters. The Kier molecular flexibility index (Phi) is 5.82. The summed E-state index contributed by atoms with van der Waals surface area (Å²) in [4.78, 5) is 10.5. The fourth-order valence-corrected chi connectivity index (χ4v) is 2.83. The maximum atomic E-state index is 14.2. The van der Waals surface area contributed by atoms with Gasteiger partial charge in [-0.3, -0.25) is 4.98 Å². The van der Waals surface area contributed by atoms with Crippen LogP contribution in [-0.2, 0) is 6.54 Å². The number of benzene rings is 1. The Balaban J connectivity index is 1.63. The van der Waals surface area contributed by atoms with Crippen LogP contribution in [0.5, 0.6) is 11.5 Å². The van der Waals surface area contributed by atoms with E-state index in [0.717, 1.165) is 31.5 Å². The molecule has 3 rings (SSSR count). The highest BCUT2D eigenvalue weighted by atomic mass is 19.1. The van der Waals surface area contributed by atoms with Gasteiger partial charge >= 0.3 is 0 Å². The zero-order valence-corrected chi connectivity index (χ0v) is 14.2. The van der Waals surface area contributed by atoms with Crippen LogP contribution in [0.1, 0.15) is 31.2 Å². The number of pyridine rings is 1. The van der Waals surface area contributed by atoms with Crippen molar-refractivity contribution in [2.24, 2.45) is 10.7 Å². The normalized spacial score (nSPS) is 15.7. The molecular formula is C19H23FN4O. The molecule has 0 bridgehead atoms. The summed E-state index contributed by atoms with van der Waals surface area (Å²) >= 11 is 0. The van der Waals surface area contributed by atoms with Crippen LogP contribution in [0.4, 0.5) is 4.39 Å². The van der Waals surface area contributed by atoms with Gasteiger partial charge in [0.2, 0.25) is 0 Å². The monoisotopic (exact) mass is 342 g/mol. The zero-order chi connectivity index (χ0) is 17.5. The Morgan fingerprint density at radius 1 is 1.20 bits per heavy atom. The average Bonchev–Trinajstić information content (AvgIpc) is 2.92. The first kappa shape index (κ1) is 17.2. The molecule has 2 N–H and O–H groups in total. The first-order valence-corrected chi connectivity index (χ1v) is 8.63. The van der Waals surface area contributed by atoms with Crippen LogP contribution in [0.25, 0.3) is 0 Å². The summed E-state index contributed by atoms with van der Waals surface area (Å²) in [5.41, 5.74) is 6.84. The quantitative estimate of drug-likeness (QED) is 0.680. The highest BCUT2D eigenvalue weighted by Gasteiger charge is 2.11. The largest absolute Gasteiger partial charge is 0.453 e. The van der Waals surface area contributed by atoms with Crippen molar-refractivity contribution >= 4 is 5.96 Å². The van der Waals surface area contributed by atoms with E-state index in [1.165, 1.54) is 18.9 Å². The lowest BCUT2D eigenvalue weighted by molar-refractivity contribution is 0.428. The molecule has 0 saturated carbocycles. The fraction of sp³-hybridized carbons (Fsp3) is 0.368. The highest BCUT2D eigenvalue weighted by Crippen LogP contribution is 2.24. The third-order valence-electron chi connectivity index (χ3n) is 4.21. The second kappa shape index (κ2) is 8.46. The van der Waals surface area contributed by atoms with Crippen molar-refractivity contribution in [1.29, 1.82) is 0 Å². The van der Waals surface area contributed by atoms with Crippen LogP contribution < -0.4 is 10.5 Å². The number of guanidine groups is 1. The number of aromatic nitrogens is 1. The number of nitrogens with zero attached hydrogens (tertiary/aromatic N) is 3. The number of ether oxygens (including phenoxy) is 1. The van der Waals surface area contributed by atoms with Gasteiger partial charge in [-0.15, -0.1) is 0 Å². The van der Waals surface area contributed by atoms with E-state index in [2.05, 4.69) is 14.9 Å². The number of nitrogens with two attached hydrogens (primary N) is 1. The number of aliphatic imine (C=N–C) groups is 1. The van der Waals surface area contributed by atoms with E-state index in [9.17, 15) is 4.39 Å². The minimum atomic E-state index is -0.426. The van der Waals surface area contributed by atoms with Crippen molar-refractivity contribution in [2.75, 3.05) is 13.1 Å². The molecule has 25 heavy (non-hydrogen) atoms. The topological polar surface area (TPSA) is 63.7 Å². The molecule has 1 aromatic carbocycles. The van der Waals surface area contributed by atoms with E-state index in [1.807, 2.05) is 0 Å². The number of likely N-dealkylation sites (tertiary alicyclic amines) is 1. The van der Waals surface area contributed by atoms with Crippen molar-refractivity contribution in [3.63, 3.8) is 0 Å². The van der Waals surface area contributed by atoms with Gasteiger partial charge in [0.1, 0.15) is 5.75 Å². The van der Waals surface area contributed by atoms with Gasteiger partial charge in [0, 0.05) is 19.3 Å². The minimum absolute atomic E-state index is 0.168. The SMILES string of the molecule is NC(=NCc1ccc(Oc2cccnc2)c(F)c1)N1CCCCCC1. The van der Waals surface area contributed by atoms with Crippen molar-refractivity contribution in [3.8, 4) is 11.5 Å². The predicted molar refractivity (Wildman–Crippen MR) is 96.1 cm³/mol. The molecular weight excluding hydrogens is 319 g/mol. The minimum Gasteiger partial charge on any atom is -0.453 e. The van der Waals surface area contributed by atoms with Gasteiger partial charge in [-0.05, 0) is 42.7 Å². The van der Waals surface area contributed by atoms with Gasteiger partial charge < -0.3 is 15.4 Å². The Morgan fingerprint density at radius 2 is 2.00 bits per heavy atom. The molecule has 2 aromatic rings. The summed E-state index contributed by atoms with van der Waals surface area (Å²) in [6.07, 6.45) is 7.95.